The van der Waals surface area contributed by atoms with Gasteiger partial charge in [-0.05, 0) is 0 Å². The van der Waals surface area contributed by atoms with Gasteiger partial charge in [0.1, 0.15) is 48.8 Å². The van der Waals surface area contributed by atoms with E-state index < -0.39 is 74.6 Å². The summed E-state index contributed by atoms with van der Waals surface area (Å²) in [7, 11) is 0. The fourth-order valence-electron chi connectivity index (χ4n) is 2.57. The molecule has 2 rings (SSSR count). The highest BCUT2D eigenvalue weighted by atomic mass is 16.7. The van der Waals surface area contributed by atoms with Crippen molar-refractivity contribution in [1.29, 1.82) is 0 Å². The van der Waals surface area contributed by atoms with Crippen LogP contribution >= 0.6 is 0 Å². The third-order valence-electron chi connectivity index (χ3n) is 3.98. The van der Waals surface area contributed by atoms with Gasteiger partial charge in [-0.25, -0.2) is 0 Å². The Kier molecular flexibility index (Phi) is 6.27. The smallest absolute Gasteiger partial charge is 0.187 e. The largest absolute Gasteiger partial charge is 0.394 e. The van der Waals surface area contributed by atoms with E-state index in [9.17, 15) is 35.7 Å². The molecule has 2 fully saturated rings. The molecule has 0 aliphatic carbocycles. The maximum Gasteiger partial charge on any atom is 0.187 e. The number of ether oxygens (including phenoxy) is 3. The Morgan fingerprint density at radius 2 is 1.26 bits per heavy atom. The molecule has 23 heavy (non-hydrogen) atoms. The predicted octanol–water partition coefficient (Wildman–Crippen LogP) is -5.40. The van der Waals surface area contributed by atoms with Gasteiger partial charge in [0.15, 0.2) is 12.6 Å². The molecule has 8 N–H and O–H groups in total. The van der Waals surface area contributed by atoms with Gasteiger partial charge in [-0.2, -0.15) is 0 Å². The van der Waals surface area contributed by atoms with E-state index in [1.165, 1.54) is 0 Å². The zero-order valence-electron chi connectivity index (χ0n) is 12.0. The third-order valence-corrected chi connectivity index (χ3v) is 3.98. The second kappa shape index (κ2) is 7.63. The summed E-state index contributed by atoms with van der Waals surface area (Å²) >= 11 is 0. The fraction of sp³-hybridized carbons (Fsp3) is 1.00. The van der Waals surface area contributed by atoms with E-state index in [0.29, 0.717) is 0 Å². The van der Waals surface area contributed by atoms with Crippen LogP contribution in [0.4, 0.5) is 0 Å². The van der Waals surface area contributed by atoms with Crippen LogP contribution in [0.5, 0.6) is 0 Å². The molecule has 11 heteroatoms. The first kappa shape index (κ1) is 18.9. The quantitative estimate of drug-likeness (QED) is 0.243. The lowest BCUT2D eigenvalue weighted by atomic mass is 9.97. The molecule has 0 aromatic rings. The molecule has 0 aromatic carbocycles. The van der Waals surface area contributed by atoms with E-state index in [-0.39, 0.29) is 0 Å². The molecule has 2 saturated heterocycles. The molecule has 0 radical (unpaired) electrons. The summed E-state index contributed by atoms with van der Waals surface area (Å²) in [6.45, 7) is -1.35. The second-order valence-corrected chi connectivity index (χ2v) is 5.53. The molecule has 136 valence electrons. The van der Waals surface area contributed by atoms with Crippen molar-refractivity contribution in [3.63, 3.8) is 0 Å². The number of hydrogen-bond acceptors (Lipinski definition) is 11. The Balaban J connectivity index is 2.11. The lowest BCUT2D eigenvalue weighted by molar-refractivity contribution is -0.355. The van der Waals surface area contributed by atoms with Crippen LogP contribution in [0.2, 0.25) is 0 Å². The van der Waals surface area contributed by atoms with Crippen LogP contribution in [-0.2, 0) is 14.2 Å². The Labute approximate surface area is 130 Å². The molecule has 10 atom stereocenters. The van der Waals surface area contributed by atoms with Crippen molar-refractivity contribution in [2.75, 3.05) is 13.2 Å². The lowest BCUT2D eigenvalue weighted by Crippen LogP contribution is -2.64. The van der Waals surface area contributed by atoms with Crippen LogP contribution in [0.3, 0.4) is 0 Å². The third kappa shape index (κ3) is 3.65. The van der Waals surface area contributed by atoms with Crippen molar-refractivity contribution >= 4 is 0 Å². The molecular weight excluding hydrogens is 320 g/mol. The molecule has 2 aliphatic rings. The predicted molar refractivity (Wildman–Crippen MR) is 68.6 cm³/mol. The highest BCUT2D eigenvalue weighted by Crippen LogP contribution is 2.28. The Hall–Kier alpha value is -0.440. The van der Waals surface area contributed by atoms with Gasteiger partial charge in [0, 0.05) is 0 Å². The van der Waals surface area contributed by atoms with Crippen molar-refractivity contribution in [1.82, 2.24) is 0 Å². The van der Waals surface area contributed by atoms with E-state index in [2.05, 4.69) is 0 Å². The molecule has 0 spiro atoms. The first-order valence-electron chi connectivity index (χ1n) is 7.08. The molecule has 2 heterocycles. The summed E-state index contributed by atoms with van der Waals surface area (Å²) in [6, 6.07) is 0. The zero-order chi connectivity index (χ0) is 17.3. The van der Waals surface area contributed by atoms with Gasteiger partial charge in [-0.3, -0.25) is 0 Å². The monoisotopic (exact) mass is 342 g/mol. The number of aliphatic hydroxyl groups is 8. The molecule has 11 nitrogen and oxygen atoms in total. The number of rotatable bonds is 4. The molecule has 0 saturated carbocycles. The Morgan fingerprint density at radius 1 is 0.652 bits per heavy atom. The Morgan fingerprint density at radius 3 is 1.83 bits per heavy atom. The van der Waals surface area contributed by atoms with Crippen molar-refractivity contribution in [3.8, 4) is 0 Å². The minimum atomic E-state index is -1.74. The average Bonchev–Trinajstić information content (AvgIpc) is 2.55. The first-order chi connectivity index (χ1) is 10.8. The van der Waals surface area contributed by atoms with Gasteiger partial charge >= 0.3 is 0 Å². The van der Waals surface area contributed by atoms with E-state index in [1.807, 2.05) is 0 Å². The van der Waals surface area contributed by atoms with E-state index >= 15 is 0 Å². The van der Waals surface area contributed by atoms with Gasteiger partial charge in [0.25, 0.3) is 0 Å². The molecule has 0 bridgehead atoms. The maximum atomic E-state index is 9.94. The normalized spacial score (nSPS) is 51.7. The van der Waals surface area contributed by atoms with E-state index in [4.69, 9.17) is 19.3 Å². The van der Waals surface area contributed by atoms with Gasteiger partial charge < -0.3 is 55.1 Å². The van der Waals surface area contributed by atoms with Gasteiger partial charge in [0.05, 0.1) is 13.2 Å². The summed E-state index contributed by atoms with van der Waals surface area (Å²) in [5, 5.41) is 76.5. The van der Waals surface area contributed by atoms with Gasteiger partial charge in [-0.1, -0.05) is 0 Å². The fourth-order valence-corrected chi connectivity index (χ4v) is 2.57. The summed E-state index contributed by atoms with van der Waals surface area (Å²) < 4.78 is 15.3. The average molecular weight is 342 g/mol. The van der Waals surface area contributed by atoms with Crippen LogP contribution in [-0.4, -0.2) is 115 Å². The van der Waals surface area contributed by atoms with Crippen LogP contribution in [0, 0.1) is 0 Å². The summed E-state index contributed by atoms with van der Waals surface area (Å²) in [5.41, 5.74) is 0. The molecule has 0 aromatic heterocycles. The summed E-state index contributed by atoms with van der Waals surface area (Å²) in [6.07, 6.45) is -15.6. The van der Waals surface area contributed by atoms with Crippen LogP contribution in [0.25, 0.3) is 0 Å². The maximum absolute atomic E-state index is 9.94. The second-order valence-electron chi connectivity index (χ2n) is 5.53. The van der Waals surface area contributed by atoms with Crippen molar-refractivity contribution in [3.05, 3.63) is 0 Å². The number of aliphatic hydroxyl groups excluding tert-OH is 8. The van der Waals surface area contributed by atoms with E-state index in [0.717, 1.165) is 0 Å². The summed E-state index contributed by atoms with van der Waals surface area (Å²) in [5.74, 6) is 0. The molecule has 0 amide bonds. The van der Waals surface area contributed by atoms with Crippen molar-refractivity contribution in [2.45, 2.75) is 61.4 Å². The van der Waals surface area contributed by atoms with Crippen molar-refractivity contribution in [2.24, 2.45) is 0 Å². The SMILES string of the molecule is OC[C@H]1O[C@H](O[C@H]2[C@H](O)[C@@H](O)[C@H](O)O[C@@H]2CO)[C@H](O)[C@@H](O)[C@H]1O. The van der Waals surface area contributed by atoms with Crippen LogP contribution < -0.4 is 0 Å². The Bertz CT molecular complexity index is 378. The van der Waals surface area contributed by atoms with Gasteiger partial charge in [-0.15, -0.1) is 0 Å². The standard InChI is InChI=1S/C12H22O11/c13-1-3-5(15)6(16)9(19)12(22-3)23-10-4(2-14)21-11(20)8(18)7(10)17/h3-20H,1-2H2/t3-,4-,5+,6+,7-,8-,9-,10-,11-,12-/m1/s1. The number of hydrogen-bond donors (Lipinski definition) is 8. The minimum absolute atomic E-state index is 0.667. The van der Waals surface area contributed by atoms with Gasteiger partial charge in [0.2, 0.25) is 0 Å². The summed E-state index contributed by atoms with van der Waals surface area (Å²) in [4.78, 5) is 0. The highest BCUT2D eigenvalue weighted by Gasteiger charge is 2.50. The molecule has 2 aliphatic heterocycles. The highest BCUT2D eigenvalue weighted by molar-refractivity contribution is 4.93. The lowest BCUT2D eigenvalue weighted by Gasteiger charge is -2.45. The topological polar surface area (TPSA) is 190 Å². The van der Waals surface area contributed by atoms with Crippen molar-refractivity contribution < 1.29 is 55.1 Å². The molecule has 0 unspecified atom stereocenters. The first-order valence-corrected chi connectivity index (χ1v) is 7.08. The van der Waals surface area contributed by atoms with Crippen LogP contribution in [0.15, 0.2) is 0 Å². The zero-order valence-corrected chi connectivity index (χ0v) is 12.0. The van der Waals surface area contributed by atoms with Crippen LogP contribution in [0.1, 0.15) is 0 Å². The molecular formula is C12H22O11. The van der Waals surface area contributed by atoms with E-state index in [1.54, 1.807) is 0 Å². The minimum Gasteiger partial charge on any atom is -0.394 e.